The molecule has 0 bridgehead atoms. The van der Waals surface area contributed by atoms with Gasteiger partial charge in [-0.05, 0) is 44.5 Å². The molecule has 0 aromatic carbocycles. The first-order valence-electron chi connectivity index (χ1n) is 10.7. The number of amides is 3. The van der Waals surface area contributed by atoms with Crippen molar-refractivity contribution in [3.05, 3.63) is 35.7 Å². The summed E-state index contributed by atoms with van der Waals surface area (Å²) in [6.07, 6.45) is -3.93. The van der Waals surface area contributed by atoms with E-state index >= 15 is 0 Å². The Hall–Kier alpha value is -3.90. The van der Waals surface area contributed by atoms with Gasteiger partial charge in [-0.2, -0.15) is 18.3 Å². The molecule has 10 nitrogen and oxygen atoms in total. The zero-order valence-electron chi connectivity index (χ0n) is 18.5. The van der Waals surface area contributed by atoms with Gasteiger partial charge in [-0.15, -0.1) is 0 Å². The molecule has 0 spiro atoms. The molecule has 1 aliphatic heterocycles. The van der Waals surface area contributed by atoms with Crippen LogP contribution in [0.4, 0.5) is 35.3 Å². The van der Waals surface area contributed by atoms with Crippen molar-refractivity contribution in [1.29, 1.82) is 0 Å². The molecule has 4 heterocycles. The molecule has 180 valence electrons. The quantitative estimate of drug-likeness (QED) is 0.532. The van der Waals surface area contributed by atoms with Crippen molar-refractivity contribution in [3.8, 4) is 0 Å². The van der Waals surface area contributed by atoms with Gasteiger partial charge in [0.25, 0.3) is 5.91 Å². The molecule has 3 amide bonds. The molecule has 0 fully saturated rings. The van der Waals surface area contributed by atoms with E-state index in [0.29, 0.717) is 36.2 Å². The summed E-state index contributed by atoms with van der Waals surface area (Å²) in [6.45, 7) is 3.85. The molecule has 0 atom stereocenters. The number of pyridine rings is 2. The SMILES string of the molecule is CCN1CCCN(C(=O)Nc2n[nH]c3nc(C)ccc23)c2nc(C(=O)NCC(F)(F)F)ccc21. The Kier molecular flexibility index (Phi) is 6.26. The number of carbonyl (C=O) groups excluding carboxylic acids is 2. The second kappa shape index (κ2) is 9.15. The topological polar surface area (TPSA) is 119 Å². The highest BCUT2D eigenvalue weighted by molar-refractivity contribution is 6.06. The molecule has 13 heteroatoms. The highest BCUT2D eigenvalue weighted by atomic mass is 19.4. The van der Waals surface area contributed by atoms with Crippen LogP contribution >= 0.6 is 0 Å². The Morgan fingerprint density at radius 3 is 2.68 bits per heavy atom. The molecule has 0 unspecified atom stereocenters. The fraction of sp³-hybridized carbons (Fsp3) is 0.381. The summed E-state index contributed by atoms with van der Waals surface area (Å²) in [6, 6.07) is 5.99. The summed E-state index contributed by atoms with van der Waals surface area (Å²) in [5, 5.41) is 12.1. The van der Waals surface area contributed by atoms with Crippen LogP contribution in [0.1, 0.15) is 29.5 Å². The number of aryl methyl sites for hydroxylation is 1. The van der Waals surface area contributed by atoms with E-state index in [9.17, 15) is 22.8 Å². The normalized spacial score (nSPS) is 14.0. The van der Waals surface area contributed by atoms with Crippen molar-refractivity contribution >= 4 is 40.3 Å². The fourth-order valence-electron chi connectivity index (χ4n) is 3.72. The highest BCUT2D eigenvalue weighted by Crippen LogP contribution is 2.32. The number of urea groups is 1. The lowest BCUT2D eigenvalue weighted by molar-refractivity contribution is -0.123. The Morgan fingerprint density at radius 1 is 1.15 bits per heavy atom. The molecular weight excluding hydrogens is 453 g/mol. The number of nitrogens with zero attached hydrogens (tertiary/aromatic N) is 5. The molecule has 0 radical (unpaired) electrons. The Morgan fingerprint density at radius 2 is 1.94 bits per heavy atom. The van der Waals surface area contributed by atoms with Crippen molar-refractivity contribution in [2.45, 2.75) is 26.4 Å². The van der Waals surface area contributed by atoms with Gasteiger partial charge in [-0.25, -0.2) is 14.8 Å². The maximum atomic E-state index is 13.3. The monoisotopic (exact) mass is 476 g/mol. The average molecular weight is 476 g/mol. The zero-order chi connectivity index (χ0) is 24.5. The van der Waals surface area contributed by atoms with E-state index in [1.807, 2.05) is 24.1 Å². The van der Waals surface area contributed by atoms with Gasteiger partial charge in [-0.1, -0.05) is 0 Å². The van der Waals surface area contributed by atoms with E-state index in [1.165, 1.54) is 11.0 Å². The van der Waals surface area contributed by atoms with Gasteiger partial charge >= 0.3 is 12.2 Å². The predicted molar refractivity (Wildman–Crippen MR) is 120 cm³/mol. The van der Waals surface area contributed by atoms with E-state index in [1.54, 1.807) is 18.2 Å². The minimum absolute atomic E-state index is 0.185. The number of aromatic nitrogens is 4. The number of fused-ring (bicyclic) bond motifs is 2. The number of rotatable bonds is 4. The van der Waals surface area contributed by atoms with Crippen molar-refractivity contribution < 1.29 is 22.8 Å². The fourth-order valence-corrected chi connectivity index (χ4v) is 3.72. The Balaban J connectivity index is 1.64. The van der Waals surface area contributed by atoms with Gasteiger partial charge in [0.15, 0.2) is 17.3 Å². The van der Waals surface area contributed by atoms with Gasteiger partial charge in [0, 0.05) is 25.3 Å². The third kappa shape index (κ3) is 4.87. The van der Waals surface area contributed by atoms with Crippen LogP contribution in [-0.4, -0.2) is 64.5 Å². The summed E-state index contributed by atoms with van der Waals surface area (Å²) in [5.41, 5.74) is 1.69. The molecular formula is C21H23F3N8O2. The largest absolute Gasteiger partial charge is 0.405 e. The Bertz CT molecular complexity index is 1230. The second-order valence-electron chi connectivity index (χ2n) is 7.77. The molecule has 0 saturated carbocycles. The number of aromatic amines is 1. The number of carbonyl (C=O) groups is 2. The number of H-pyrrole nitrogens is 1. The number of halogens is 3. The van der Waals surface area contributed by atoms with Crippen LogP contribution in [0.3, 0.4) is 0 Å². The van der Waals surface area contributed by atoms with Crippen LogP contribution in [0.25, 0.3) is 11.0 Å². The van der Waals surface area contributed by atoms with Crippen molar-refractivity contribution in [2.75, 3.05) is 41.3 Å². The minimum atomic E-state index is -4.55. The number of alkyl halides is 3. The lowest BCUT2D eigenvalue weighted by Gasteiger charge is -2.25. The smallest absolute Gasteiger partial charge is 0.369 e. The molecule has 3 aromatic heterocycles. The maximum absolute atomic E-state index is 13.3. The van der Waals surface area contributed by atoms with E-state index in [0.717, 1.165) is 5.69 Å². The number of hydrogen-bond acceptors (Lipinski definition) is 6. The molecule has 3 N–H and O–H groups in total. The zero-order valence-corrected chi connectivity index (χ0v) is 18.5. The first kappa shape index (κ1) is 23.3. The third-order valence-electron chi connectivity index (χ3n) is 5.36. The summed E-state index contributed by atoms with van der Waals surface area (Å²) in [7, 11) is 0. The van der Waals surface area contributed by atoms with Crippen molar-refractivity contribution in [3.63, 3.8) is 0 Å². The Labute approximate surface area is 192 Å². The lowest BCUT2D eigenvalue weighted by Crippen LogP contribution is -2.37. The molecule has 1 aliphatic rings. The summed E-state index contributed by atoms with van der Waals surface area (Å²) in [5.74, 6) is -0.512. The lowest BCUT2D eigenvalue weighted by atomic mass is 10.2. The minimum Gasteiger partial charge on any atom is -0.369 e. The standard InChI is InChI=1S/C21H23F3N8O2/c1-3-31-9-4-10-32(20(34)28-17-13-6-5-12(2)26-16(13)29-30-17)18-15(31)8-7-14(27-18)19(33)25-11-21(22,23)24/h5-8H,3-4,9-11H2,1-2H3,(H,25,33)(H2,26,28,29,30,34). The van der Waals surface area contributed by atoms with Gasteiger partial charge in [0.05, 0.1) is 11.1 Å². The summed E-state index contributed by atoms with van der Waals surface area (Å²) < 4.78 is 37.6. The average Bonchev–Trinajstić information content (AvgIpc) is 3.07. The van der Waals surface area contributed by atoms with Gasteiger partial charge < -0.3 is 10.2 Å². The van der Waals surface area contributed by atoms with E-state index < -0.39 is 24.7 Å². The van der Waals surface area contributed by atoms with Crippen molar-refractivity contribution in [2.24, 2.45) is 0 Å². The molecule has 4 rings (SSSR count). The van der Waals surface area contributed by atoms with Crippen LogP contribution in [0, 0.1) is 6.92 Å². The van der Waals surface area contributed by atoms with Crippen LogP contribution in [0.2, 0.25) is 0 Å². The molecule has 0 saturated heterocycles. The van der Waals surface area contributed by atoms with Gasteiger partial charge in [0.2, 0.25) is 0 Å². The highest BCUT2D eigenvalue weighted by Gasteiger charge is 2.30. The molecule has 34 heavy (non-hydrogen) atoms. The summed E-state index contributed by atoms with van der Waals surface area (Å²) in [4.78, 5) is 37.5. The van der Waals surface area contributed by atoms with Gasteiger partial charge in [-0.3, -0.25) is 20.1 Å². The molecule has 3 aromatic rings. The van der Waals surface area contributed by atoms with Crippen LogP contribution in [0.15, 0.2) is 24.3 Å². The molecule has 0 aliphatic carbocycles. The van der Waals surface area contributed by atoms with Crippen molar-refractivity contribution in [1.82, 2.24) is 25.5 Å². The maximum Gasteiger partial charge on any atom is 0.405 e. The van der Waals surface area contributed by atoms with Gasteiger partial charge in [0.1, 0.15) is 12.2 Å². The number of anilines is 3. The van der Waals surface area contributed by atoms with Crippen LogP contribution in [-0.2, 0) is 0 Å². The van der Waals surface area contributed by atoms with Crippen LogP contribution in [0.5, 0.6) is 0 Å². The second-order valence-corrected chi connectivity index (χ2v) is 7.77. The van der Waals surface area contributed by atoms with E-state index in [4.69, 9.17) is 0 Å². The number of nitrogens with one attached hydrogen (secondary N) is 3. The van der Waals surface area contributed by atoms with Crippen LogP contribution < -0.4 is 20.4 Å². The first-order chi connectivity index (χ1) is 16.2. The summed E-state index contributed by atoms with van der Waals surface area (Å²) >= 11 is 0. The third-order valence-corrected chi connectivity index (χ3v) is 5.36. The predicted octanol–water partition coefficient (Wildman–Crippen LogP) is 3.22. The first-order valence-corrected chi connectivity index (χ1v) is 10.7. The number of hydrogen-bond donors (Lipinski definition) is 3. The van der Waals surface area contributed by atoms with E-state index in [2.05, 4.69) is 25.5 Å². The van der Waals surface area contributed by atoms with E-state index in [-0.39, 0.29) is 23.9 Å².